The summed E-state index contributed by atoms with van der Waals surface area (Å²) in [5.41, 5.74) is 11.6. The van der Waals surface area contributed by atoms with Crippen LogP contribution < -0.4 is 11.1 Å². The van der Waals surface area contributed by atoms with Crippen molar-refractivity contribution in [1.82, 2.24) is 19.7 Å². The molecule has 0 saturated carbocycles. The molecule has 4 N–H and O–H groups in total. The van der Waals surface area contributed by atoms with E-state index in [9.17, 15) is 9.18 Å². The lowest BCUT2D eigenvalue weighted by atomic mass is 9.97. The van der Waals surface area contributed by atoms with Crippen molar-refractivity contribution in [2.45, 2.75) is 19.4 Å². The molecule has 37 heavy (non-hydrogen) atoms. The van der Waals surface area contributed by atoms with Crippen LogP contribution in [0, 0.1) is 11.2 Å². The van der Waals surface area contributed by atoms with E-state index in [2.05, 4.69) is 15.4 Å². The lowest BCUT2D eigenvalue weighted by Gasteiger charge is -2.15. The molecule has 3 heterocycles. The third kappa shape index (κ3) is 5.06. The second-order valence-corrected chi connectivity index (χ2v) is 9.10. The van der Waals surface area contributed by atoms with Crippen molar-refractivity contribution < 1.29 is 9.18 Å². The second-order valence-electron chi connectivity index (χ2n) is 9.10. The Hall–Kier alpha value is -4.53. The minimum absolute atomic E-state index is 0.0280. The number of pyridine rings is 1. The van der Waals surface area contributed by atoms with E-state index in [0.29, 0.717) is 29.9 Å². The van der Waals surface area contributed by atoms with Crippen LogP contribution in [0.4, 0.5) is 10.1 Å². The number of halogens is 1. The predicted octanol–water partition coefficient (Wildman–Crippen LogP) is 4.42. The Morgan fingerprint density at radius 3 is 2.57 bits per heavy atom. The molecule has 0 atom stereocenters. The van der Waals surface area contributed by atoms with Crippen LogP contribution in [0.1, 0.15) is 34.5 Å². The smallest absolute Gasteiger partial charge is 0.256 e. The molecule has 1 aliphatic rings. The van der Waals surface area contributed by atoms with Crippen molar-refractivity contribution in [2.24, 2.45) is 12.8 Å². The Labute approximate surface area is 214 Å². The molecule has 0 spiro atoms. The topological polar surface area (TPSA) is 113 Å². The van der Waals surface area contributed by atoms with Crippen LogP contribution in [0.25, 0.3) is 22.4 Å². The van der Waals surface area contributed by atoms with Gasteiger partial charge in [0.05, 0.1) is 17.8 Å². The number of nitrogens with one attached hydrogen (secondary N) is 2. The molecule has 2 aromatic heterocycles. The molecule has 0 fully saturated rings. The average Bonchev–Trinajstić information content (AvgIpc) is 3.44. The van der Waals surface area contributed by atoms with E-state index in [1.807, 2.05) is 48.5 Å². The third-order valence-corrected chi connectivity index (χ3v) is 6.49. The van der Waals surface area contributed by atoms with Crippen LogP contribution in [-0.2, 0) is 13.6 Å². The number of nitrogens with two attached hydrogens (primary N) is 1. The first-order valence-corrected chi connectivity index (χ1v) is 12.2. The van der Waals surface area contributed by atoms with Crippen LogP contribution in [0.3, 0.4) is 0 Å². The average molecular weight is 498 g/mol. The van der Waals surface area contributed by atoms with Crippen molar-refractivity contribution >= 4 is 17.4 Å². The molecule has 5 rings (SSSR count). The zero-order valence-corrected chi connectivity index (χ0v) is 20.5. The van der Waals surface area contributed by atoms with Gasteiger partial charge in [0, 0.05) is 60.5 Å². The fraction of sp³-hybridized carbons (Fsp3) is 0.214. The standard InChI is InChI=1S/C28H28FN7O/c1-35-16-23(26(34-35)18-4-8-20(29)9-5-18)22-12-14-33-24-17-36(28(37)25(22)24)15-3-2-13-32-21-10-6-19(7-11-21)27(30)31/h4-12,14,16,32H,2-3,13,15,17H2,1H3,(H3,30,31). The monoisotopic (exact) mass is 497 g/mol. The molecule has 1 amide bonds. The number of rotatable bonds is 9. The molecular weight excluding hydrogens is 469 g/mol. The number of nitrogens with zero attached hydrogens (tertiary/aromatic N) is 4. The van der Waals surface area contributed by atoms with E-state index in [0.717, 1.165) is 47.5 Å². The molecule has 1 aliphatic heterocycles. The van der Waals surface area contributed by atoms with Gasteiger partial charge in [0.1, 0.15) is 17.3 Å². The Bertz CT molecular complexity index is 1440. The quantitative estimate of drug-likeness (QED) is 0.180. The maximum atomic E-state index is 13.5. The van der Waals surface area contributed by atoms with E-state index in [4.69, 9.17) is 11.1 Å². The normalized spacial score (nSPS) is 12.6. The summed E-state index contributed by atoms with van der Waals surface area (Å²) in [6.07, 6.45) is 5.36. The number of aromatic nitrogens is 3. The molecular formula is C28H28FN7O. The largest absolute Gasteiger partial charge is 0.385 e. The number of fused-ring (bicyclic) bond motifs is 1. The number of nitrogen functional groups attached to an aromatic ring is 1. The van der Waals surface area contributed by atoms with E-state index in [1.54, 1.807) is 23.0 Å². The van der Waals surface area contributed by atoms with Crippen LogP contribution in [0.5, 0.6) is 0 Å². The summed E-state index contributed by atoms with van der Waals surface area (Å²) >= 11 is 0. The first-order chi connectivity index (χ1) is 17.9. The van der Waals surface area contributed by atoms with Crippen molar-refractivity contribution in [3.05, 3.63) is 89.6 Å². The number of hydrogen-bond acceptors (Lipinski definition) is 5. The molecule has 2 aromatic carbocycles. The highest BCUT2D eigenvalue weighted by Gasteiger charge is 2.32. The minimum Gasteiger partial charge on any atom is -0.385 e. The number of amides is 1. The van der Waals surface area contributed by atoms with E-state index in [-0.39, 0.29) is 17.6 Å². The van der Waals surface area contributed by atoms with Gasteiger partial charge in [-0.25, -0.2) is 4.39 Å². The maximum absolute atomic E-state index is 13.5. The zero-order chi connectivity index (χ0) is 25.9. The Balaban J connectivity index is 1.25. The summed E-state index contributed by atoms with van der Waals surface area (Å²) in [5.74, 6) is -0.284. The summed E-state index contributed by atoms with van der Waals surface area (Å²) in [4.78, 5) is 19.8. The number of aryl methyl sites for hydroxylation is 1. The first kappa shape index (κ1) is 24.2. The SMILES string of the molecule is Cn1cc(-c2ccnc3c2C(=O)N(CCCCNc2ccc(C(=N)N)cc2)C3)c(-c2ccc(F)cc2)n1. The molecule has 0 radical (unpaired) electrons. The van der Waals surface area contributed by atoms with Gasteiger partial charge in [-0.2, -0.15) is 5.10 Å². The van der Waals surface area contributed by atoms with Gasteiger partial charge in [-0.05, 0) is 67.4 Å². The molecule has 0 bridgehead atoms. The summed E-state index contributed by atoms with van der Waals surface area (Å²) < 4.78 is 15.2. The van der Waals surface area contributed by atoms with Gasteiger partial charge in [0.25, 0.3) is 5.91 Å². The van der Waals surface area contributed by atoms with Gasteiger partial charge in [-0.1, -0.05) is 0 Å². The van der Waals surface area contributed by atoms with Crippen molar-refractivity contribution in [3.8, 4) is 22.4 Å². The Morgan fingerprint density at radius 2 is 1.84 bits per heavy atom. The van der Waals surface area contributed by atoms with Gasteiger partial charge in [0.15, 0.2) is 0 Å². The molecule has 0 aliphatic carbocycles. The van der Waals surface area contributed by atoms with Crippen molar-refractivity contribution in [2.75, 3.05) is 18.4 Å². The summed E-state index contributed by atoms with van der Waals surface area (Å²) in [6, 6.07) is 15.5. The lowest BCUT2D eigenvalue weighted by molar-refractivity contribution is 0.0776. The van der Waals surface area contributed by atoms with Crippen LogP contribution >= 0.6 is 0 Å². The van der Waals surface area contributed by atoms with E-state index in [1.165, 1.54) is 12.1 Å². The fourth-order valence-electron chi connectivity index (χ4n) is 4.61. The summed E-state index contributed by atoms with van der Waals surface area (Å²) in [5, 5.41) is 15.4. The highest BCUT2D eigenvalue weighted by atomic mass is 19.1. The summed E-state index contributed by atoms with van der Waals surface area (Å²) in [6.45, 7) is 1.89. The van der Waals surface area contributed by atoms with E-state index < -0.39 is 0 Å². The van der Waals surface area contributed by atoms with Crippen LogP contribution in [-0.4, -0.2) is 44.5 Å². The predicted molar refractivity (Wildman–Crippen MR) is 142 cm³/mol. The second kappa shape index (κ2) is 10.2. The number of carbonyl (C=O) groups is 1. The number of anilines is 1. The molecule has 9 heteroatoms. The molecule has 4 aromatic rings. The first-order valence-electron chi connectivity index (χ1n) is 12.2. The zero-order valence-electron chi connectivity index (χ0n) is 20.5. The number of amidine groups is 1. The molecule has 0 saturated heterocycles. The Morgan fingerprint density at radius 1 is 1.08 bits per heavy atom. The van der Waals surface area contributed by atoms with Gasteiger partial charge in [-0.3, -0.25) is 19.9 Å². The number of benzene rings is 2. The highest BCUT2D eigenvalue weighted by molar-refractivity contribution is 6.05. The van der Waals surface area contributed by atoms with Gasteiger partial charge >= 0.3 is 0 Å². The highest BCUT2D eigenvalue weighted by Crippen LogP contribution is 2.36. The number of carbonyl (C=O) groups excluding carboxylic acids is 1. The van der Waals surface area contributed by atoms with Gasteiger partial charge < -0.3 is 16.0 Å². The van der Waals surface area contributed by atoms with Crippen molar-refractivity contribution in [3.63, 3.8) is 0 Å². The van der Waals surface area contributed by atoms with Gasteiger partial charge in [0.2, 0.25) is 0 Å². The molecule has 0 unspecified atom stereocenters. The lowest BCUT2D eigenvalue weighted by Crippen LogP contribution is -2.25. The number of unbranched alkanes of at least 4 members (excludes halogenated alkanes) is 1. The number of hydrogen-bond donors (Lipinski definition) is 3. The van der Waals surface area contributed by atoms with Crippen LogP contribution in [0.2, 0.25) is 0 Å². The maximum Gasteiger partial charge on any atom is 0.256 e. The summed E-state index contributed by atoms with van der Waals surface area (Å²) in [7, 11) is 1.83. The van der Waals surface area contributed by atoms with Gasteiger partial charge in [-0.15, -0.1) is 0 Å². The van der Waals surface area contributed by atoms with Crippen molar-refractivity contribution in [1.29, 1.82) is 5.41 Å². The molecule has 8 nitrogen and oxygen atoms in total. The molecule has 188 valence electrons. The minimum atomic E-state index is -0.307. The van der Waals surface area contributed by atoms with Crippen LogP contribution in [0.15, 0.2) is 67.0 Å². The third-order valence-electron chi connectivity index (χ3n) is 6.49. The Kier molecular flexibility index (Phi) is 6.68. The van der Waals surface area contributed by atoms with E-state index >= 15 is 0 Å². The fourth-order valence-corrected chi connectivity index (χ4v) is 4.61.